The van der Waals surface area contributed by atoms with Gasteiger partial charge in [0.25, 0.3) is 0 Å². The summed E-state index contributed by atoms with van der Waals surface area (Å²) in [6.07, 6.45) is 1.88. The molecular weight excluding hydrogens is 216 g/mol. The van der Waals surface area contributed by atoms with Gasteiger partial charge in [-0.05, 0) is 26.0 Å². The largest absolute Gasteiger partial charge is 0.461 e. The Morgan fingerprint density at radius 3 is 2.71 bits per heavy atom. The van der Waals surface area contributed by atoms with Crippen LogP contribution in [0.25, 0.3) is 5.65 Å². The van der Waals surface area contributed by atoms with E-state index in [-0.39, 0.29) is 5.97 Å². The molecule has 4 nitrogen and oxygen atoms in total. The quantitative estimate of drug-likeness (QED) is 0.750. The highest BCUT2D eigenvalue weighted by Crippen LogP contribution is 2.12. The number of rotatable bonds is 2. The molecule has 0 aromatic carbocycles. The summed E-state index contributed by atoms with van der Waals surface area (Å²) in [4.78, 5) is 15.8. The smallest absolute Gasteiger partial charge is 0.358 e. The number of ether oxygens (including phenoxy) is 1. The van der Waals surface area contributed by atoms with Crippen molar-refractivity contribution >= 4 is 11.6 Å². The molecule has 2 heterocycles. The number of carbonyl (C=O) groups is 1. The summed E-state index contributed by atoms with van der Waals surface area (Å²) in [6, 6.07) is 5.64. The maximum Gasteiger partial charge on any atom is 0.358 e. The van der Waals surface area contributed by atoms with E-state index in [0.717, 1.165) is 11.3 Å². The number of nitrogens with zero attached hydrogens (tertiary/aromatic N) is 2. The molecule has 0 amide bonds. The van der Waals surface area contributed by atoms with Crippen LogP contribution in [0, 0.1) is 6.92 Å². The Balaban J connectivity index is 0.000000686. The Morgan fingerprint density at radius 2 is 2.12 bits per heavy atom. The Bertz CT molecular complexity index is 503. The Morgan fingerprint density at radius 1 is 1.41 bits per heavy atom. The van der Waals surface area contributed by atoms with Gasteiger partial charge in [0.2, 0.25) is 0 Å². The highest BCUT2D eigenvalue weighted by atomic mass is 16.5. The van der Waals surface area contributed by atoms with Crippen molar-refractivity contribution in [2.75, 3.05) is 6.61 Å². The molecule has 0 bridgehead atoms. The van der Waals surface area contributed by atoms with Gasteiger partial charge in [0, 0.05) is 6.20 Å². The fraction of sp³-hybridized carbons (Fsp3) is 0.385. The highest BCUT2D eigenvalue weighted by Gasteiger charge is 2.15. The number of hydrogen-bond acceptors (Lipinski definition) is 3. The van der Waals surface area contributed by atoms with Crippen molar-refractivity contribution in [2.45, 2.75) is 27.7 Å². The average molecular weight is 234 g/mol. The van der Waals surface area contributed by atoms with E-state index in [0.29, 0.717) is 12.3 Å². The van der Waals surface area contributed by atoms with Crippen molar-refractivity contribution in [1.82, 2.24) is 9.38 Å². The topological polar surface area (TPSA) is 43.6 Å². The maximum atomic E-state index is 11.5. The second-order valence-corrected chi connectivity index (χ2v) is 3.20. The number of fused-ring (bicyclic) bond motifs is 1. The van der Waals surface area contributed by atoms with Gasteiger partial charge >= 0.3 is 5.97 Å². The molecule has 2 aromatic rings. The van der Waals surface area contributed by atoms with Gasteiger partial charge in [-0.15, -0.1) is 0 Å². The van der Waals surface area contributed by atoms with Gasteiger partial charge in [0.15, 0.2) is 5.69 Å². The third-order valence-electron chi connectivity index (χ3n) is 2.24. The van der Waals surface area contributed by atoms with Crippen LogP contribution in [-0.2, 0) is 4.74 Å². The van der Waals surface area contributed by atoms with Gasteiger partial charge in [-0.25, -0.2) is 9.78 Å². The van der Waals surface area contributed by atoms with Crippen molar-refractivity contribution in [3.63, 3.8) is 0 Å². The summed E-state index contributed by atoms with van der Waals surface area (Å²) in [6.45, 7) is 8.00. The van der Waals surface area contributed by atoms with E-state index in [2.05, 4.69) is 4.98 Å². The lowest BCUT2D eigenvalue weighted by molar-refractivity contribution is 0.0519. The van der Waals surface area contributed by atoms with E-state index in [1.54, 1.807) is 6.92 Å². The summed E-state index contributed by atoms with van der Waals surface area (Å²) in [7, 11) is 0. The third-order valence-corrected chi connectivity index (χ3v) is 2.24. The molecule has 0 spiro atoms. The Hall–Kier alpha value is -1.84. The summed E-state index contributed by atoms with van der Waals surface area (Å²) in [5.41, 5.74) is 1.96. The van der Waals surface area contributed by atoms with Gasteiger partial charge < -0.3 is 9.14 Å². The molecule has 4 heteroatoms. The molecule has 0 aliphatic rings. The molecule has 2 aromatic heterocycles. The van der Waals surface area contributed by atoms with E-state index in [1.807, 2.05) is 49.6 Å². The molecule has 17 heavy (non-hydrogen) atoms. The summed E-state index contributed by atoms with van der Waals surface area (Å²) in [5, 5.41) is 0. The summed E-state index contributed by atoms with van der Waals surface area (Å²) >= 11 is 0. The first kappa shape index (κ1) is 13.2. The standard InChI is InChI=1S/C11H12N2O2.C2H6/c1-3-15-11(14)10-8(2)13-7-5-4-6-9(13)12-10;1-2/h4-7H,3H2,1-2H3;1-2H3. The monoisotopic (exact) mass is 234 g/mol. The minimum atomic E-state index is -0.362. The van der Waals surface area contributed by atoms with E-state index < -0.39 is 0 Å². The van der Waals surface area contributed by atoms with Crippen LogP contribution in [0.15, 0.2) is 24.4 Å². The van der Waals surface area contributed by atoms with Gasteiger partial charge in [-0.2, -0.15) is 0 Å². The highest BCUT2D eigenvalue weighted by molar-refractivity contribution is 5.89. The Kier molecular flexibility index (Phi) is 4.69. The zero-order valence-corrected chi connectivity index (χ0v) is 10.7. The van der Waals surface area contributed by atoms with Crippen LogP contribution in [0.4, 0.5) is 0 Å². The van der Waals surface area contributed by atoms with Crippen molar-refractivity contribution in [3.05, 3.63) is 35.8 Å². The lowest BCUT2D eigenvalue weighted by Gasteiger charge is -1.98. The number of imidazole rings is 1. The van der Waals surface area contributed by atoms with Crippen molar-refractivity contribution in [2.24, 2.45) is 0 Å². The summed E-state index contributed by atoms with van der Waals surface area (Å²) < 4.78 is 6.79. The molecule has 0 N–H and O–H groups in total. The predicted octanol–water partition coefficient (Wildman–Crippen LogP) is 2.85. The van der Waals surface area contributed by atoms with Crippen LogP contribution in [0.5, 0.6) is 0 Å². The molecule has 0 aliphatic carbocycles. The first-order chi connectivity index (χ1) is 8.24. The minimum absolute atomic E-state index is 0.362. The number of carbonyl (C=O) groups excluding carboxylic acids is 1. The fourth-order valence-electron chi connectivity index (χ4n) is 1.51. The lowest BCUT2D eigenvalue weighted by atomic mass is 10.3. The molecule has 2 rings (SSSR count). The van der Waals surface area contributed by atoms with Crippen molar-refractivity contribution in [1.29, 1.82) is 0 Å². The third kappa shape index (κ3) is 2.64. The number of hydrogen-bond donors (Lipinski definition) is 0. The van der Waals surface area contributed by atoms with Gasteiger partial charge in [-0.3, -0.25) is 0 Å². The molecule has 92 valence electrons. The van der Waals surface area contributed by atoms with E-state index in [4.69, 9.17) is 4.74 Å². The second-order valence-electron chi connectivity index (χ2n) is 3.20. The molecule has 0 saturated heterocycles. The molecule has 0 saturated carbocycles. The number of aromatic nitrogens is 2. The van der Waals surface area contributed by atoms with E-state index in [1.165, 1.54) is 0 Å². The van der Waals surface area contributed by atoms with Gasteiger partial charge in [-0.1, -0.05) is 19.9 Å². The van der Waals surface area contributed by atoms with Crippen LogP contribution < -0.4 is 0 Å². The molecule has 0 aliphatic heterocycles. The molecule has 0 unspecified atom stereocenters. The fourth-order valence-corrected chi connectivity index (χ4v) is 1.51. The van der Waals surface area contributed by atoms with Gasteiger partial charge in [0.1, 0.15) is 5.65 Å². The van der Waals surface area contributed by atoms with Crippen LogP contribution in [-0.4, -0.2) is 22.0 Å². The second kappa shape index (κ2) is 6.03. The minimum Gasteiger partial charge on any atom is -0.461 e. The molecular formula is C13H18N2O2. The normalized spacial score (nSPS) is 9.65. The zero-order chi connectivity index (χ0) is 12.8. The molecule has 0 fully saturated rings. The first-order valence-corrected chi connectivity index (χ1v) is 5.85. The predicted molar refractivity (Wildman–Crippen MR) is 67.2 cm³/mol. The lowest BCUT2D eigenvalue weighted by Crippen LogP contribution is -2.06. The SMILES string of the molecule is CC.CCOC(=O)c1nc2ccccn2c1C. The van der Waals surface area contributed by atoms with Crippen LogP contribution in [0.2, 0.25) is 0 Å². The van der Waals surface area contributed by atoms with Crippen LogP contribution in [0.3, 0.4) is 0 Å². The zero-order valence-electron chi connectivity index (χ0n) is 10.7. The van der Waals surface area contributed by atoms with Crippen LogP contribution in [0.1, 0.15) is 37.0 Å². The number of esters is 1. The summed E-state index contributed by atoms with van der Waals surface area (Å²) in [5.74, 6) is -0.362. The van der Waals surface area contributed by atoms with E-state index >= 15 is 0 Å². The van der Waals surface area contributed by atoms with Crippen molar-refractivity contribution < 1.29 is 9.53 Å². The van der Waals surface area contributed by atoms with Crippen molar-refractivity contribution in [3.8, 4) is 0 Å². The maximum absolute atomic E-state index is 11.5. The molecule has 0 radical (unpaired) electrons. The van der Waals surface area contributed by atoms with E-state index in [9.17, 15) is 4.79 Å². The number of aryl methyl sites for hydroxylation is 1. The number of pyridine rings is 1. The van der Waals surface area contributed by atoms with Crippen LogP contribution >= 0.6 is 0 Å². The Labute approximate surface area is 101 Å². The van der Waals surface area contributed by atoms with Gasteiger partial charge in [0.05, 0.1) is 12.3 Å². The first-order valence-electron chi connectivity index (χ1n) is 5.85. The molecule has 0 atom stereocenters. The average Bonchev–Trinajstić information content (AvgIpc) is 2.70.